The third-order valence-corrected chi connectivity index (χ3v) is 6.13. The molecule has 4 heterocycles. The third kappa shape index (κ3) is 4.10. The normalized spacial score (nSPS) is 20.1. The first-order valence-corrected chi connectivity index (χ1v) is 11.1. The molecule has 0 unspecified atom stereocenters. The van der Waals surface area contributed by atoms with Gasteiger partial charge in [-0.1, -0.05) is 23.7 Å². The van der Waals surface area contributed by atoms with Gasteiger partial charge in [-0.2, -0.15) is 9.49 Å². The van der Waals surface area contributed by atoms with Crippen LogP contribution in [0.3, 0.4) is 0 Å². The third-order valence-electron chi connectivity index (χ3n) is 5.88. The predicted octanol–water partition coefficient (Wildman–Crippen LogP) is 3.08. The van der Waals surface area contributed by atoms with Crippen LogP contribution in [0.1, 0.15) is 42.9 Å². The molecule has 3 aromatic rings. The van der Waals surface area contributed by atoms with E-state index in [0.717, 1.165) is 16.3 Å². The highest BCUT2D eigenvalue weighted by molar-refractivity contribution is 6.30. The molecule has 176 valence electrons. The maximum Gasteiger partial charge on any atom is 0.333 e. The van der Waals surface area contributed by atoms with Gasteiger partial charge in [-0.05, 0) is 42.7 Å². The van der Waals surface area contributed by atoms with Gasteiger partial charge in [0.25, 0.3) is 11.5 Å². The molecule has 0 N–H and O–H groups in total. The minimum Gasteiger partial charge on any atom is -0.467 e. The molecule has 1 saturated heterocycles. The Hall–Kier alpha value is -3.50. The molecule has 5 rings (SSSR count). The van der Waals surface area contributed by atoms with E-state index in [2.05, 4.69) is 5.10 Å². The van der Waals surface area contributed by atoms with E-state index in [1.165, 1.54) is 11.3 Å². The van der Waals surface area contributed by atoms with Crippen molar-refractivity contribution in [1.29, 1.82) is 0 Å². The molecule has 1 amide bonds. The lowest BCUT2D eigenvalue weighted by Crippen LogP contribution is -2.45. The zero-order chi connectivity index (χ0) is 23.8. The van der Waals surface area contributed by atoms with Crippen molar-refractivity contribution >= 4 is 23.2 Å². The lowest BCUT2D eigenvalue weighted by Gasteiger charge is -2.21. The van der Waals surface area contributed by atoms with Crippen molar-refractivity contribution in [3.63, 3.8) is 0 Å². The van der Waals surface area contributed by atoms with E-state index in [0.29, 0.717) is 46.9 Å². The quantitative estimate of drug-likeness (QED) is 0.552. The number of rotatable bonds is 5. The van der Waals surface area contributed by atoms with Gasteiger partial charge < -0.3 is 9.15 Å². The van der Waals surface area contributed by atoms with Crippen LogP contribution in [-0.2, 0) is 16.1 Å². The summed E-state index contributed by atoms with van der Waals surface area (Å²) in [6.45, 7) is -0.256. The van der Waals surface area contributed by atoms with Crippen LogP contribution in [0.15, 0.2) is 68.0 Å². The maximum absolute atomic E-state index is 14.4. The van der Waals surface area contributed by atoms with Crippen molar-refractivity contribution in [1.82, 2.24) is 14.1 Å². The van der Waals surface area contributed by atoms with Crippen molar-refractivity contribution in [2.75, 3.05) is 6.61 Å². The molecule has 1 fully saturated rings. The predicted molar refractivity (Wildman–Crippen MR) is 120 cm³/mol. The van der Waals surface area contributed by atoms with Crippen molar-refractivity contribution in [3.8, 4) is 0 Å². The van der Waals surface area contributed by atoms with Crippen LogP contribution in [-0.4, -0.2) is 32.4 Å². The molecule has 1 aromatic carbocycles. The lowest BCUT2D eigenvalue weighted by atomic mass is 10.0. The Kier molecular flexibility index (Phi) is 5.93. The van der Waals surface area contributed by atoms with Crippen LogP contribution in [0.2, 0.25) is 5.02 Å². The minimum atomic E-state index is -1.18. The highest BCUT2D eigenvalue weighted by Crippen LogP contribution is 2.33. The molecule has 34 heavy (non-hydrogen) atoms. The zero-order valence-corrected chi connectivity index (χ0v) is 18.7. The van der Waals surface area contributed by atoms with Gasteiger partial charge in [-0.25, -0.2) is 14.4 Å². The number of amides is 1. The van der Waals surface area contributed by atoms with E-state index >= 15 is 0 Å². The van der Waals surface area contributed by atoms with E-state index in [4.69, 9.17) is 20.8 Å². The molecule has 2 atom stereocenters. The summed E-state index contributed by atoms with van der Waals surface area (Å²) in [4.78, 5) is 38.7. The topological polar surface area (TPSA) is 99.0 Å². The first kappa shape index (κ1) is 22.3. The molecule has 9 nitrogen and oxygen atoms in total. The summed E-state index contributed by atoms with van der Waals surface area (Å²) < 4.78 is 26.9. The maximum atomic E-state index is 14.4. The summed E-state index contributed by atoms with van der Waals surface area (Å²) in [5, 5.41) is 6.20. The molecular weight excluding hydrogens is 467 g/mol. The average molecular weight is 487 g/mol. The minimum absolute atomic E-state index is 0.346. The Bertz CT molecular complexity index is 1360. The fourth-order valence-electron chi connectivity index (χ4n) is 4.18. The van der Waals surface area contributed by atoms with Crippen LogP contribution in [0, 0.1) is 5.82 Å². The highest BCUT2D eigenvalue weighted by atomic mass is 35.5. The first-order valence-electron chi connectivity index (χ1n) is 10.7. The number of nitrogens with zero attached hydrogens (tertiary/aromatic N) is 4. The number of halogens is 2. The number of ether oxygens (including phenoxy) is 1. The lowest BCUT2D eigenvalue weighted by molar-refractivity contribution is -0.134. The number of furan rings is 1. The van der Waals surface area contributed by atoms with Gasteiger partial charge >= 0.3 is 5.69 Å². The van der Waals surface area contributed by atoms with Crippen LogP contribution >= 0.6 is 11.6 Å². The fourth-order valence-corrected chi connectivity index (χ4v) is 4.31. The number of hydrogen-bond donors (Lipinski definition) is 0. The van der Waals surface area contributed by atoms with E-state index in [1.54, 1.807) is 36.4 Å². The van der Waals surface area contributed by atoms with Gasteiger partial charge in [-0.15, -0.1) is 0 Å². The second kappa shape index (κ2) is 9.03. The number of benzene rings is 1. The van der Waals surface area contributed by atoms with Gasteiger partial charge in [0.15, 0.2) is 0 Å². The molecule has 0 spiro atoms. The molecule has 0 bridgehead atoms. The van der Waals surface area contributed by atoms with Gasteiger partial charge in [-0.3, -0.25) is 14.2 Å². The summed E-state index contributed by atoms with van der Waals surface area (Å²) >= 11 is 5.98. The Balaban J connectivity index is 1.49. The number of hydrogen-bond acceptors (Lipinski definition) is 6. The van der Waals surface area contributed by atoms with Crippen LogP contribution in [0.25, 0.3) is 0 Å². The Labute approximate surface area is 197 Å². The van der Waals surface area contributed by atoms with Gasteiger partial charge in [0.05, 0.1) is 18.2 Å². The molecular formula is C23H20ClFN4O5. The summed E-state index contributed by atoms with van der Waals surface area (Å²) in [6.07, 6.45) is 3.19. The molecule has 2 aliphatic rings. The first-order chi connectivity index (χ1) is 16.4. The van der Waals surface area contributed by atoms with Gasteiger partial charge in [0, 0.05) is 18.1 Å². The molecule has 11 heteroatoms. The molecule has 2 aromatic heterocycles. The van der Waals surface area contributed by atoms with Crippen molar-refractivity contribution in [2.24, 2.45) is 5.10 Å². The Morgan fingerprint density at radius 2 is 2.00 bits per heavy atom. The van der Waals surface area contributed by atoms with Gasteiger partial charge in [0.1, 0.15) is 24.6 Å². The molecule has 0 aliphatic carbocycles. The monoisotopic (exact) mass is 486 g/mol. The van der Waals surface area contributed by atoms with Gasteiger partial charge in [0.2, 0.25) is 5.82 Å². The Morgan fingerprint density at radius 3 is 2.68 bits per heavy atom. The second-order valence-corrected chi connectivity index (χ2v) is 8.49. The smallest absolute Gasteiger partial charge is 0.333 e. The molecule has 0 radical (unpaired) electrons. The number of carbonyl (C=O) groups is 1. The fraction of sp³-hybridized carbons (Fsp3) is 0.304. The summed E-state index contributed by atoms with van der Waals surface area (Å²) in [5.74, 6) is -1.31. The Morgan fingerprint density at radius 1 is 1.21 bits per heavy atom. The van der Waals surface area contributed by atoms with Crippen molar-refractivity contribution in [2.45, 2.75) is 38.1 Å². The van der Waals surface area contributed by atoms with E-state index in [1.807, 2.05) is 0 Å². The van der Waals surface area contributed by atoms with Crippen molar-refractivity contribution < 1.29 is 18.3 Å². The molecule has 0 saturated carbocycles. The van der Waals surface area contributed by atoms with E-state index in [-0.39, 0.29) is 0 Å². The standard InChI is InChI=1S/C23H20ClFN4O5/c24-15-7-5-14(6-8-15)17-11-18(19-3-1-9-33-19)29(26-17)20(30)13-28-22(31)16(25)12-27(23(28)32)21-4-2-10-34-21/h1,3,5-9,12,18,21H,2,4,10-11,13H2/t18-,21-/m0/s1. The summed E-state index contributed by atoms with van der Waals surface area (Å²) in [7, 11) is 0. The summed E-state index contributed by atoms with van der Waals surface area (Å²) in [6, 6.07) is 9.81. The van der Waals surface area contributed by atoms with E-state index < -0.39 is 41.8 Å². The average Bonchev–Trinajstić information content (AvgIpc) is 3.60. The SMILES string of the molecule is O=C(Cn1c(=O)c(F)cn([C@@H]2CCCO2)c1=O)N1N=C(c2ccc(Cl)cc2)C[C@H]1c1ccco1. The zero-order valence-electron chi connectivity index (χ0n) is 17.9. The van der Waals surface area contributed by atoms with Crippen LogP contribution < -0.4 is 11.2 Å². The number of hydrazone groups is 1. The number of aromatic nitrogens is 2. The van der Waals surface area contributed by atoms with Crippen LogP contribution in [0.4, 0.5) is 4.39 Å². The number of carbonyl (C=O) groups excluding carboxylic acids is 1. The second-order valence-electron chi connectivity index (χ2n) is 8.05. The van der Waals surface area contributed by atoms with Crippen molar-refractivity contribution in [3.05, 3.63) is 91.9 Å². The van der Waals surface area contributed by atoms with E-state index in [9.17, 15) is 18.8 Å². The largest absolute Gasteiger partial charge is 0.467 e. The summed E-state index contributed by atoms with van der Waals surface area (Å²) in [5.41, 5.74) is -0.625. The molecule has 2 aliphatic heterocycles. The van der Waals surface area contributed by atoms with Crippen LogP contribution in [0.5, 0.6) is 0 Å². The highest BCUT2D eigenvalue weighted by Gasteiger charge is 2.35.